The van der Waals surface area contributed by atoms with E-state index >= 15 is 0 Å². The fourth-order valence-electron chi connectivity index (χ4n) is 2.05. The third-order valence-corrected chi connectivity index (χ3v) is 3.30. The second-order valence-corrected chi connectivity index (χ2v) is 5.85. The zero-order chi connectivity index (χ0) is 19.3. The van der Waals surface area contributed by atoms with E-state index in [2.05, 4.69) is 5.32 Å². The van der Waals surface area contributed by atoms with Crippen molar-refractivity contribution in [3.8, 4) is 5.75 Å². The van der Waals surface area contributed by atoms with E-state index < -0.39 is 29.6 Å². The molecule has 0 aliphatic rings. The monoisotopic (exact) mass is 363 g/mol. The maximum absolute atomic E-state index is 13.5. The Morgan fingerprint density at radius 2 is 1.65 bits per heavy atom. The summed E-state index contributed by atoms with van der Waals surface area (Å²) in [5.41, 5.74) is -0.0919. The number of carbonyl (C=O) groups excluding carboxylic acids is 2. The minimum atomic E-state index is -1.20. The van der Waals surface area contributed by atoms with Crippen molar-refractivity contribution in [2.24, 2.45) is 0 Å². The standard InChI is InChI=1S/C19H19F2NO4/c1-11(2)25-15-7-4-13(5-8-15)19(24)26-12(3)18(23)22-17-10-14(20)6-9-16(17)21/h4-12H,1-3H3,(H,22,23). The van der Waals surface area contributed by atoms with Gasteiger partial charge in [0.2, 0.25) is 0 Å². The lowest BCUT2D eigenvalue weighted by molar-refractivity contribution is -0.123. The molecule has 1 unspecified atom stereocenters. The van der Waals surface area contributed by atoms with Gasteiger partial charge in [-0.2, -0.15) is 0 Å². The van der Waals surface area contributed by atoms with E-state index in [4.69, 9.17) is 9.47 Å². The number of hydrogen-bond donors (Lipinski definition) is 1. The summed E-state index contributed by atoms with van der Waals surface area (Å²) in [6.45, 7) is 5.09. The van der Waals surface area contributed by atoms with E-state index in [-0.39, 0.29) is 17.4 Å². The lowest BCUT2D eigenvalue weighted by Crippen LogP contribution is -2.30. The molecule has 0 saturated carbocycles. The van der Waals surface area contributed by atoms with Crippen molar-refractivity contribution in [2.75, 3.05) is 5.32 Å². The first kappa shape index (κ1) is 19.4. The van der Waals surface area contributed by atoms with Crippen molar-refractivity contribution in [2.45, 2.75) is 33.0 Å². The van der Waals surface area contributed by atoms with Gasteiger partial charge in [0, 0.05) is 6.07 Å². The van der Waals surface area contributed by atoms with Crippen LogP contribution in [0.15, 0.2) is 42.5 Å². The van der Waals surface area contributed by atoms with E-state index in [1.165, 1.54) is 19.1 Å². The maximum Gasteiger partial charge on any atom is 0.338 e. The summed E-state index contributed by atoms with van der Waals surface area (Å²) in [4.78, 5) is 24.1. The Labute approximate surface area is 149 Å². The highest BCUT2D eigenvalue weighted by molar-refractivity contribution is 5.97. The normalized spacial score (nSPS) is 11.8. The van der Waals surface area contributed by atoms with E-state index in [9.17, 15) is 18.4 Å². The van der Waals surface area contributed by atoms with Gasteiger partial charge in [-0.15, -0.1) is 0 Å². The van der Waals surface area contributed by atoms with Gasteiger partial charge in [0.1, 0.15) is 17.4 Å². The van der Waals surface area contributed by atoms with Crippen LogP contribution in [0.25, 0.3) is 0 Å². The summed E-state index contributed by atoms with van der Waals surface area (Å²) in [6, 6.07) is 8.92. The van der Waals surface area contributed by atoms with Gasteiger partial charge in [-0.25, -0.2) is 13.6 Å². The Morgan fingerprint density at radius 3 is 2.27 bits per heavy atom. The lowest BCUT2D eigenvalue weighted by atomic mass is 10.2. The van der Waals surface area contributed by atoms with Crippen LogP contribution in [0.1, 0.15) is 31.1 Å². The number of ether oxygens (including phenoxy) is 2. The number of carbonyl (C=O) groups is 2. The van der Waals surface area contributed by atoms with E-state index in [1.807, 2.05) is 13.8 Å². The third-order valence-electron chi connectivity index (χ3n) is 3.30. The molecule has 0 aromatic heterocycles. The third kappa shape index (κ3) is 5.27. The van der Waals surface area contributed by atoms with Crippen LogP contribution < -0.4 is 10.1 Å². The number of amides is 1. The van der Waals surface area contributed by atoms with Crippen LogP contribution in [-0.2, 0) is 9.53 Å². The fraction of sp³-hybridized carbons (Fsp3) is 0.263. The molecule has 7 heteroatoms. The van der Waals surface area contributed by atoms with Gasteiger partial charge in [0.25, 0.3) is 5.91 Å². The molecule has 1 amide bonds. The Balaban J connectivity index is 1.97. The molecule has 0 spiro atoms. The lowest BCUT2D eigenvalue weighted by Gasteiger charge is -2.14. The van der Waals surface area contributed by atoms with E-state index in [1.54, 1.807) is 12.1 Å². The first-order valence-electron chi connectivity index (χ1n) is 8.00. The van der Waals surface area contributed by atoms with Crippen molar-refractivity contribution < 1.29 is 27.8 Å². The largest absolute Gasteiger partial charge is 0.491 e. The van der Waals surface area contributed by atoms with Crippen molar-refractivity contribution in [1.29, 1.82) is 0 Å². The quantitative estimate of drug-likeness (QED) is 0.790. The number of benzene rings is 2. The molecule has 1 N–H and O–H groups in total. The van der Waals surface area contributed by atoms with E-state index in [0.29, 0.717) is 5.75 Å². The molecular formula is C19H19F2NO4. The van der Waals surface area contributed by atoms with Crippen molar-refractivity contribution in [3.63, 3.8) is 0 Å². The minimum Gasteiger partial charge on any atom is -0.491 e. The number of nitrogens with one attached hydrogen (secondary N) is 1. The number of halogens is 2. The highest BCUT2D eigenvalue weighted by atomic mass is 19.1. The molecule has 5 nitrogen and oxygen atoms in total. The maximum atomic E-state index is 13.5. The Morgan fingerprint density at radius 1 is 1.00 bits per heavy atom. The first-order valence-corrected chi connectivity index (χ1v) is 8.00. The number of esters is 1. The van der Waals surface area contributed by atoms with Crippen molar-refractivity contribution in [1.82, 2.24) is 0 Å². The molecule has 0 saturated heterocycles. The average molecular weight is 363 g/mol. The smallest absolute Gasteiger partial charge is 0.338 e. The van der Waals surface area contributed by atoms with Crippen LogP contribution in [0.5, 0.6) is 5.75 Å². The first-order chi connectivity index (χ1) is 12.3. The van der Waals surface area contributed by atoms with Crippen LogP contribution >= 0.6 is 0 Å². The highest BCUT2D eigenvalue weighted by Crippen LogP contribution is 2.17. The molecule has 2 rings (SSSR count). The van der Waals surface area contributed by atoms with Gasteiger partial charge < -0.3 is 14.8 Å². The number of rotatable bonds is 6. The molecule has 138 valence electrons. The number of anilines is 1. The summed E-state index contributed by atoms with van der Waals surface area (Å²) in [7, 11) is 0. The minimum absolute atomic E-state index is 0.000242. The molecule has 0 heterocycles. The summed E-state index contributed by atoms with van der Waals surface area (Å²) in [6.07, 6.45) is -1.20. The number of hydrogen-bond acceptors (Lipinski definition) is 4. The van der Waals surface area contributed by atoms with Crippen molar-refractivity contribution >= 4 is 17.6 Å². The molecule has 2 aromatic carbocycles. The summed E-state index contributed by atoms with van der Waals surface area (Å²) in [5, 5.41) is 2.19. The average Bonchev–Trinajstić information content (AvgIpc) is 2.58. The molecule has 0 aliphatic heterocycles. The van der Waals surface area contributed by atoms with Gasteiger partial charge in [0.15, 0.2) is 6.10 Å². The predicted molar refractivity (Wildman–Crippen MR) is 92.1 cm³/mol. The van der Waals surface area contributed by atoms with Gasteiger partial charge in [-0.1, -0.05) is 0 Å². The SMILES string of the molecule is CC(C)Oc1ccc(C(=O)OC(C)C(=O)Nc2cc(F)ccc2F)cc1. The Kier molecular flexibility index (Phi) is 6.27. The van der Waals surface area contributed by atoms with Crippen LogP contribution in [0.4, 0.5) is 14.5 Å². The summed E-state index contributed by atoms with van der Waals surface area (Å²) >= 11 is 0. The molecule has 0 aliphatic carbocycles. The molecule has 0 bridgehead atoms. The van der Waals surface area contributed by atoms with Crippen LogP contribution in [0.2, 0.25) is 0 Å². The van der Waals surface area contributed by atoms with E-state index in [0.717, 1.165) is 18.2 Å². The molecule has 0 radical (unpaired) electrons. The van der Waals surface area contributed by atoms with Crippen LogP contribution in [0.3, 0.4) is 0 Å². The zero-order valence-corrected chi connectivity index (χ0v) is 14.6. The van der Waals surface area contributed by atoms with Gasteiger partial charge in [0.05, 0.1) is 17.4 Å². The Hall–Kier alpha value is -2.96. The van der Waals surface area contributed by atoms with Gasteiger partial charge in [-0.3, -0.25) is 4.79 Å². The van der Waals surface area contributed by atoms with Gasteiger partial charge >= 0.3 is 5.97 Å². The highest BCUT2D eigenvalue weighted by Gasteiger charge is 2.20. The zero-order valence-electron chi connectivity index (χ0n) is 14.6. The molecule has 0 fully saturated rings. The second kappa shape index (κ2) is 8.42. The Bertz CT molecular complexity index is 791. The summed E-state index contributed by atoms with van der Waals surface area (Å²) in [5.74, 6) is -2.39. The fourth-order valence-corrected chi connectivity index (χ4v) is 2.05. The summed E-state index contributed by atoms with van der Waals surface area (Å²) < 4.78 is 37.2. The molecular weight excluding hydrogens is 344 g/mol. The van der Waals surface area contributed by atoms with Crippen LogP contribution in [0, 0.1) is 11.6 Å². The molecule has 26 heavy (non-hydrogen) atoms. The molecule has 2 aromatic rings. The van der Waals surface area contributed by atoms with Gasteiger partial charge in [-0.05, 0) is 57.2 Å². The predicted octanol–water partition coefficient (Wildman–Crippen LogP) is 3.94. The van der Waals surface area contributed by atoms with Crippen molar-refractivity contribution in [3.05, 3.63) is 59.7 Å². The second-order valence-electron chi connectivity index (χ2n) is 5.85. The molecule has 1 atom stereocenters. The van der Waals surface area contributed by atoms with Crippen LogP contribution in [-0.4, -0.2) is 24.1 Å². The topological polar surface area (TPSA) is 64.6 Å².